The van der Waals surface area contributed by atoms with Gasteiger partial charge in [0.15, 0.2) is 0 Å². The van der Waals surface area contributed by atoms with E-state index in [1.807, 2.05) is 26.8 Å². The molecule has 0 spiro atoms. The molecule has 13 heavy (non-hydrogen) atoms. The van der Waals surface area contributed by atoms with Gasteiger partial charge in [-0.25, -0.2) is 5.43 Å². The summed E-state index contributed by atoms with van der Waals surface area (Å²) >= 11 is 0. The highest BCUT2D eigenvalue weighted by atomic mass is 16.2. The molecule has 0 bridgehead atoms. The molecule has 0 aromatic heterocycles. The maximum absolute atomic E-state index is 10.8. The summed E-state index contributed by atoms with van der Waals surface area (Å²) in [5.74, 6) is -0.154. The molecule has 0 aliphatic carbocycles. The fourth-order valence-corrected chi connectivity index (χ4v) is 0.799. The van der Waals surface area contributed by atoms with Crippen molar-refractivity contribution in [2.75, 3.05) is 0 Å². The molecule has 0 aromatic carbocycles. The topological polar surface area (TPSA) is 41.5 Å². The molecule has 3 heteroatoms. The second-order valence-electron chi connectivity index (χ2n) is 2.93. The van der Waals surface area contributed by atoms with Crippen molar-refractivity contribution < 1.29 is 4.79 Å². The van der Waals surface area contributed by atoms with Crippen LogP contribution in [-0.4, -0.2) is 12.1 Å². The third-order valence-corrected chi connectivity index (χ3v) is 1.91. The summed E-state index contributed by atoms with van der Waals surface area (Å²) in [6, 6.07) is 0. The predicted octanol–water partition coefficient (Wildman–Crippen LogP) is 2.10. The van der Waals surface area contributed by atoms with E-state index in [2.05, 4.69) is 17.5 Å². The van der Waals surface area contributed by atoms with Crippen molar-refractivity contribution >= 4 is 12.1 Å². The molecule has 1 heterocycles. The minimum absolute atomic E-state index is 0.0703. The summed E-state index contributed by atoms with van der Waals surface area (Å²) in [6.07, 6.45) is 6.10. The Balaban J connectivity index is 0.000000671. The molecular weight excluding hydrogens is 164 g/mol. The first-order chi connectivity index (χ1) is 6.16. The van der Waals surface area contributed by atoms with Gasteiger partial charge in [-0.2, -0.15) is 5.10 Å². The Morgan fingerprint density at radius 3 is 2.69 bits per heavy atom. The molecule has 1 amide bonds. The average molecular weight is 182 g/mol. The number of hydrogen-bond acceptors (Lipinski definition) is 2. The maximum Gasteiger partial charge on any atom is 0.263 e. The highest BCUT2D eigenvalue weighted by molar-refractivity contribution is 5.90. The fourth-order valence-electron chi connectivity index (χ4n) is 0.799. The van der Waals surface area contributed by atoms with Gasteiger partial charge in [-0.1, -0.05) is 33.8 Å². The number of rotatable bonds is 1. The van der Waals surface area contributed by atoms with Crippen molar-refractivity contribution in [3.8, 4) is 0 Å². The Morgan fingerprint density at radius 2 is 2.15 bits per heavy atom. The van der Waals surface area contributed by atoms with Crippen LogP contribution in [-0.2, 0) is 4.79 Å². The van der Waals surface area contributed by atoms with E-state index in [0.29, 0.717) is 0 Å². The van der Waals surface area contributed by atoms with Gasteiger partial charge in [0.25, 0.3) is 5.91 Å². The van der Waals surface area contributed by atoms with E-state index in [-0.39, 0.29) is 11.3 Å². The van der Waals surface area contributed by atoms with Crippen molar-refractivity contribution in [3.05, 3.63) is 12.2 Å². The van der Waals surface area contributed by atoms with E-state index in [0.717, 1.165) is 6.42 Å². The number of hydrazone groups is 1. The monoisotopic (exact) mass is 182 g/mol. The van der Waals surface area contributed by atoms with Crippen LogP contribution < -0.4 is 5.43 Å². The molecule has 1 unspecified atom stereocenters. The number of allylic oxidation sites excluding steroid dienone is 1. The van der Waals surface area contributed by atoms with Crippen LogP contribution in [0.1, 0.15) is 34.1 Å². The molecule has 1 rings (SSSR count). The first-order valence-electron chi connectivity index (χ1n) is 4.70. The van der Waals surface area contributed by atoms with Crippen molar-refractivity contribution in [1.82, 2.24) is 5.43 Å². The van der Waals surface area contributed by atoms with E-state index >= 15 is 0 Å². The predicted molar refractivity (Wildman–Crippen MR) is 55.5 cm³/mol. The van der Waals surface area contributed by atoms with Gasteiger partial charge in [-0.3, -0.25) is 4.79 Å². The number of nitrogens with one attached hydrogen (secondary N) is 1. The molecule has 0 aromatic rings. The van der Waals surface area contributed by atoms with Crippen LogP contribution in [0, 0.1) is 5.41 Å². The van der Waals surface area contributed by atoms with Gasteiger partial charge in [0.1, 0.15) is 0 Å². The number of carbonyl (C=O) groups excluding carboxylic acids is 1. The summed E-state index contributed by atoms with van der Waals surface area (Å²) in [4.78, 5) is 10.8. The smallest absolute Gasteiger partial charge is 0.263 e. The Labute approximate surface area is 79.9 Å². The van der Waals surface area contributed by atoms with E-state index in [1.165, 1.54) is 6.08 Å². The van der Waals surface area contributed by atoms with Crippen molar-refractivity contribution in [3.63, 3.8) is 0 Å². The third-order valence-electron chi connectivity index (χ3n) is 1.91. The summed E-state index contributed by atoms with van der Waals surface area (Å²) in [6.45, 7) is 8.10. The average Bonchev–Trinajstić information content (AvgIpc) is 2.33. The fraction of sp³-hybridized carbons (Fsp3) is 0.600. The zero-order chi connectivity index (χ0) is 10.3. The SMILES string of the molecule is CC.CCC1(C)C=CC(=O)NN=C1. The number of carbonyl (C=O) groups is 1. The van der Waals surface area contributed by atoms with E-state index < -0.39 is 0 Å². The Morgan fingerprint density at radius 1 is 1.54 bits per heavy atom. The molecule has 1 N–H and O–H groups in total. The quantitative estimate of drug-likeness (QED) is 0.663. The molecular formula is C10H18N2O. The number of nitrogens with zero attached hydrogens (tertiary/aromatic N) is 1. The van der Waals surface area contributed by atoms with Gasteiger partial charge in [0, 0.05) is 17.7 Å². The zero-order valence-electron chi connectivity index (χ0n) is 8.79. The van der Waals surface area contributed by atoms with E-state index in [9.17, 15) is 4.79 Å². The zero-order valence-corrected chi connectivity index (χ0v) is 8.79. The van der Waals surface area contributed by atoms with Crippen LogP contribution in [0.5, 0.6) is 0 Å². The first kappa shape index (κ1) is 11.9. The minimum atomic E-state index is -0.154. The van der Waals surface area contributed by atoms with Gasteiger partial charge < -0.3 is 0 Å². The Bertz CT molecular complexity index is 221. The maximum atomic E-state index is 10.8. The van der Waals surface area contributed by atoms with Gasteiger partial charge in [-0.05, 0) is 6.42 Å². The lowest BCUT2D eigenvalue weighted by Crippen LogP contribution is -2.14. The summed E-state index contributed by atoms with van der Waals surface area (Å²) < 4.78 is 0. The molecule has 0 radical (unpaired) electrons. The highest BCUT2D eigenvalue weighted by Gasteiger charge is 2.17. The van der Waals surface area contributed by atoms with E-state index in [1.54, 1.807) is 6.21 Å². The Kier molecular flexibility index (Phi) is 5.04. The van der Waals surface area contributed by atoms with Crippen LogP contribution in [0.2, 0.25) is 0 Å². The minimum Gasteiger partial charge on any atom is -0.268 e. The molecule has 1 aliphatic rings. The van der Waals surface area contributed by atoms with Gasteiger partial charge in [0.05, 0.1) is 0 Å². The van der Waals surface area contributed by atoms with Crippen molar-refractivity contribution in [1.29, 1.82) is 0 Å². The van der Waals surface area contributed by atoms with E-state index in [4.69, 9.17) is 0 Å². The van der Waals surface area contributed by atoms with Crippen LogP contribution in [0.3, 0.4) is 0 Å². The van der Waals surface area contributed by atoms with Crippen molar-refractivity contribution in [2.45, 2.75) is 34.1 Å². The molecule has 0 saturated carbocycles. The summed E-state index contributed by atoms with van der Waals surface area (Å²) in [5.41, 5.74) is 2.31. The lowest BCUT2D eigenvalue weighted by Gasteiger charge is -2.15. The third kappa shape index (κ3) is 3.87. The lowest BCUT2D eigenvalue weighted by molar-refractivity contribution is -0.116. The van der Waals surface area contributed by atoms with Gasteiger partial charge in [-0.15, -0.1) is 0 Å². The number of hydrogen-bond donors (Lipinski definition) is 1. The normalized spacial score (nSPS) is 25.7. The van der Waals surface area contributed by atoms with Crippen molar-refractivity contribution in [2.24, 2.45) is 10.5 Å². The van der Waals surface area contributed by atoms with Gasteiger partial charge in [0.2, 0.25) is 0 Å². The summed E-state index contributed by atoms with van der Waals surface area (Å²) in [7, 11) is 0. The molecule has 0 saturated heterocycles. The first-order valence-corrected chi connectivity index (χ1v) is 4.70. The summed E-state index contributed by atoms with van der Waals surface area (Å²) in [5, 5.41) is 3.79. The molecule has 3 nitrogen and oxygen atoms in total. The Hall–Kier alpha value is -1.12. The van der Waals surface area contributed by atoms with Crippen LogP contribution in [0.25, 0.3) is 0 Å². The second kappa shape index (κ2) is 5.51. The second-order valence-corrected chi connectivity index (χ2v) is 2.93. The van der Waals surface area contributed by atoms with Gasteiger partial charge >= 0.3 is 0 Å². The molecule has 1 atom stereocenters. The molecule has 0 fully saturated rings. The molecule has 1 aliphatic heterocycles. The van der Waals surface area contributed by atoms with Crippen LogP contribution >= 0.6 is 0 Å². The number of amides is 1. The molecule has 74 valence electrons. The highest BCUT2D eigenvalue weighted by Crippen LogP contribution is 2.20. The van der Waals surface area contributed by atoms with Crippen LogP contribution in [0.4, 0.5) is 0 Å². The van der Waals surface area contributed by atoms with Crippen LogP contribution in [0.15, 0.2) is 17.3 Å². The lowest BCUT2D eigenvalue weighted by atomic mass is 9.89. The largest absolute Gasteiger partial charge is 0.268 e. The standard InChI is InChI=1S/C8H12N2O.C2H6/c1-3-8(2)5-4-7(11)10-9-6-8;1-2/h4-6H,3H2,1-2H3,(H,10,11);1-2H3.